The van der Waals surface area contributed by atoms with Crippen LogP contribution < -0.4 is 5.73 Å². The Morgan fingerprint density at radius 1 is 1.42 bits per heavy atom. The molecule has 0 aliphatic rings. The Hall–Kier alpha value is -0.710. The number of hydrogen-bond donors (Lipinski definition) is 1. The number of hydrogen-bond acceptors (Lipinski definition) is 3. The second kappa shape index (κ2) is 4.35. The van der Waals surface area contributed by atoms with E-state index in [2.05, 4.69) is 4.18 Å². The summed E-state index contributed by atoms with van der Waals surface area (Å²) < 4.78 is 15.7. The van der Waals surface area contributed by atoms with E-state index in [4.69, 9.17) is 5.73 Å². The van der Waals surface area contributed by atoms with Crippen molar-refractivity contribution in [3.8, 4) is 0 Å². The Morgan fingerprint density at radius 3 is 2.42 bits per heavy atom. The Bertz CT molecular complexity index is 271. The topological polar surface area (TPSA) is 52.3 Å². The van der Waals surface area contributed by atoms with Crippen LogP contribution in [-0.4, -0.2) is 11.3 Å². The molecule has 0 amide bonds. The first-order chi connectivity index (χ1) is 5.77. The highest BCUT2D eigenvalue weighted by atomic mass is 32.2. The van der Waals surface area contributed by atoms with Crippen molar-refractivity contribution in [1.29, 1.82) is 0 Å². The van der Waals surface area contributed by atoms with Crippen LogP contribution in [0.4, 0.5) is 0 Å². The molecule has 1 aromatic rings. The number of rotatable bonds is 3. The fraction of sp³-hybridized carbons (Fsp3) is 0.250. The first-order valence-electron chi connectivity index (χ1n) is 3.53. The van der Waals surface area contributed by atoms with Gasteiger partial charge in [-0.05, 0) is 17.7 Å². The molecule has 0 aliphatic carbocycles. The molecule has 66 valence electrons. The van der Waals surface area contributed by atoms with Crippen molar-refractivity contribution in [1.82, 2.24) is 0 Å². The van der Waals surface area contributed by atoms with Crippen molar-refractivity contribution < 1.29 is 8.39 Å². The minimum Gasteiger partial charge on any atom is -0.326 e. The lowest BCUT2D eigenvalue weighted by atomic mass is 10.2. The third-order valence-corrected chi connectivity index (χ3v) is 2.46. The minimum absolute atomic E-state index is 0.500. The van der Waals surface area contributed by atoms with Gasteiger partial charge in [-0.25, -0.2) is 4.21 Å². The molecule has 0 aliphatic heterocycles. The van der Waals surface area contributed by atoms with Crippen LogP contribution in [0, 0.1) is 0 Å². The summed E-state index contributed by atoms with van der Waals surface area (Å²) in [5, 5.41) is 0. The summed E-state index contributed by atoms with van der Waals surface area (Å²) >= 11 is -1.34. The van der Waals surface area contributed by atoms with E-state index in [0.29, 0.717) is 11.4 Å². The van der Waals surface area contributed by atoms with E-state index in [9.17, 15) is 4.21 Å². The zero-order valence-electron chi connectivity index (χ0n) is 6.82. The third kappa shape index (κ3) is 2.14. The SMILES string of the molecule is COS(=O)c1ccc(CN)cc1. The second-order valence-corrected chi connectivity index (χ2v) is 3.52. The average molecular weight is 185 g/mol. The predicted octanol–water partition coefficient (Wildman–Crippen LogP) is 0.814. The van der Waals surface area contributed by atoms with Gasteiger partial charge < -0.3 is 5.73 Å². The van der Waals surface area contributed by atoms with Gasteiger partial charge in [0.05, 0.1) is 12.0 Å². The minimum atomic E-state index is -1.34. The quantitative estimate of drug-likeness (QED) is 0.758. The van der Waals surface area contributed by atoms with Crippen molar-refractivity contribution in [2.45, 2.75) is 11.4 Å². The van der Waals surface area contributed by atoms with Crippen LogP contribution in [-0.2, 0) is 21.8 Å². The van der Waals surface area contributed by atoms with Crippen molar-refractivity contribution in [2.75, 3.05) is 7.11 Å². The van der Waals surface area contributed by atoms with Crippen molar-refractivity contribution >= 4 is 11.1 Å². The molecular formula is C8H11NO2S. The maximum absolute atomic E-state index is 11.1. The zero-order valence-corrected chi connectivity index (χ0v) is 7.64. The molecule has 0 saturated heterocycles. The summed E-state index contributed by atoms with van der Waals surface area (Å²) in [6.45, 7) is 0.500. The summed E-state index contributed by atoms with van der Waals surface area (Å²) in [4.78, 5) is 0.662. The highest BCUT2D eigenvalue weighted by Crippen LogP contribution is 2.08. The molecule has 0 heterocycles. The predicted molar refractivity (Wildman–Crippen MR) is 47.8 cm³/mol. The maximum atomic E-state index is 11.1. The largest absolute Gasteiger partial charge is 0.326 e. The molecule has 3 nitrogen and oxygen atoms in total. The smallest absolute Gasteiger partial charge is 0.188 e. The van der Waals surface area contributed by atoms with E-state index in [1.165, 1.54) is 7.11 Å². The van der Waals surface area contributed by atoms with Gasteiger partial charge in [-0.15, -0.1) is 0 Å². The van der Waals surface area contributed by atoms with Gasteiger partial charge in [-0.2, -0.15) is 0 Å². The fourth-order valence-corrected chi connectivity index (χ4v) is 1.38. The summed E-state index contributed by atoms with van der Waals surface area (Å²) in [6, 6.07) is 7.18. The van der Waals surface area contributed by atoms with Gasteiger partial charge in [0.15, 0.2) is 11.1 Å². The van der Waals surface area contributed by atoms with Crippen LogP contribution >= 0.6 is 0 Å². The van der Waals surface area contributed by atoms with E-state index in [1.807, 2.05) is 12.1 Å². The van der Waals surface area contributed by atoms with Gasteiger partial charge in [-0.1, -0.05) is 12.1 Å². The average Bonchev–Trinajstić information content (AvgIpc) is 2.17. The lowest BCUT2D eigenvalue weighted by Gasteiger charge is -1.99. The molecule has 12 heavy (non-hydrogen) atoms. The summed E-state index contributed by atoms with van der Waals surface area (Å²) in [6.07, 6.45) is 0. The molecule has 1 atom stereocenters. The molecule has 0 spiro atoms. The van der Waals surface area contributed by atoms with Crippen molar-refractivity contribution in [2.24, 2.45) is 5.73 Å². The molecule has 0 bridgehead atoms. The van der Waals surface area contributed by atoms with E-state index < -0.39 is 11.1 Å². The standard InChI is InChI=1S/C8H11NO2S/c1-11-12(10)8-4-2-7(6-9)3-5-8/h2-5H,6,9H2,1H3. The molecule has 2 N–H and O–H groups in total. The van der Waals surface area contributed by atoms with E-state index in [0.717, 1.165) is 5.56 Å². The van der Waals surface area contributed by atoms with E-state index >= 15 is 0 Å². The first kappa shape index (κ1) is 9.38. The lowest BCUT2D eigenvalue weighted by Crippen LogP contribution is -1.97. The molecule has 0 fully saturated rings. The number of benzene rings is 1. The zero-order chi connectivity index (χ0) is 8.97. The monoisotopic (exact) mass is 185 g/mol. The summed E-state index contributed by atoms with van der Waals surface area (Å²) in [5.74, 6) is 0. The van der Waals surface area contributed by atoms with E-state index in [1.54, 1.807) is 12.1 Å². The van der Waals surface area contributed by atoms with Crippen LogP contribution in [0.15, 0.2) is 29.2 Å². The third-order valence-electron chi connectivity index (χ3n) is 1.50. The molecule has 0 radical (unpaired) electrons. The van der Waals surface area contributed by atoms with Gasteiger partial charge in [0, 0.05) is 6.54 Å². The highest BCUT2D eigenvalue weighted by molar-refractivity contribution is 7.80. The molecular weight excluding hydrogens is 174 g/mol. The molecule has 4 heteroatoms. The molecule has 1 unspecified atom stereocenters. The molecule has 0 aromatic heterocycles. The summed E-state index contributed by atoms with van der Waals surface area (Å²) in [7, 11) is 1.41. The van der Waals surface area contributed by atoms with Crippen LogP contribution in [0.2, 0.25) is 0 Å². The number of nitrogens with two attached hydrogens (primary N) is 1. The Kier molecular flexibility index (Phi) is 3.40. The first-order valence-corrected chi connectivity index (χ1v) is 4.60. The second-order valence-electron chi connectivity index (χ2n) is 2.25. The Morgan fingerprint density at radius 2 is 2.00 bits per heavy atom. The van der Waals surface area contributed by atoms with Gasteiger partial charge in [0.2, 0.25) is 0 Å². The van der Waals surface area contributed by atoms with Gasteiger partial charge in [0.1, 0.15) is 0 Å². The van der Waals surface area contributed by atoms with Crippen molar-refractivity contribution in [3.05, 3.63) is 29.8 Å². The fourth-order valence-electron chi connectivity index (χ4n) is 0.833. The van der Waals surface area contributed by atoms with Crippen LogP contribution in [0.1, 0.15) is 5.56 Å². The van der Waals surface area contributed by atoms with Gasteiger partial charge >= 0.3 is 0 Å². The van der Waals surface area contributed by atoms with Gasteiger partial charge in [0.25, 0.3) is 0 Å². The Balaban J connectivity index is 2.84. The summed E-state index contributed by atoms with van der Waals surface area (Å²) in [5.41, 5.74) is 6.42. The maximum Gasteiger partial charge on any atom is 0.188 e. The van der Waals surface area contributed by atoms with Crippen molar-refractivity contribution in [3.63, 3.8) is 0 Å². The molecule has 1 aromatic carbocycles. The van der Waals surface area contributed by atoms with Crippen LogP contribution in [0.3, 0.4) is 0 Å². The Labute approximate surface area is 74.2 Å². The lowest BCUT2D eigenvalue weighted by molar-refractivity contribution is 0.445. The van der Waals surface area contributed by atoms with Crippen LogP contribution in [0.25, 0.3) is 0 Å². The normalized spacial score (nSPS) is 12.8. The van der Waals surface area contributed by atoms with Gasteiger partial charge in [-0.3, -0.25) is 4.18 Å². The highest BCUT2D eigenvalue weighted by Gasteiger charge is 2.00. The molecule has 1 rings (SSSR count). The molecule has 0 saturated carbocycles. The van der Waals surface area contributed by atoms with E-state index in [-0.39, 0.29) is 0 Å². The van der Waals surface area contributed by atoms with Crippen LogP contribution in [0.5, 0.6) is 0 Å².